The van der Waals surface area contributed by atoms with Gasteiger partial charge in [0.05, 0.1) is 6.61 Å². The molecule has 1 N–H and O–H groups in total. The van der Waals surface area contributed by atoms with Gasteiger partial charge in [-0.05, 0) is 68.1 Å². The van der Waals surface area contributed by atoms with Crippen LogP contribution in [-0.2, 0) is 0 Å². The maximum Gasteiger partial charge on any atom is 0.0614 e. The second-order valence-electron chi connectivity index (χ2n) is 8.37. The summed E-state index contributed by atoms with van der Waals surface area (Å²) in [4.78, 5) is 0. The Balaban J connectivity index is 2.22. The van der Waals surface area contributed by atoms with Gasteiger partial charge < -0.3 is 5.11 Å². The molecular formula is C20H34O. The van der Waals surface area contributed by atoms with Gasteiger partial charge in [0.15, 0.2) is 0 Å². The van der Waals surface area contributed by atoms with Gasteiger partial charge in [-0.25, -0.2) is 0 Å². The highest BCUT2D eigenvalue weighted by molar-refractivity contribution is 5.26. The van der Waals surface area contributed by atoms with E-state index in [1.165, 1.54) is 37.7 Å². The predicted molar refractivity (Wildman–Crippen MR) is 91.2 cm³/mol. The van der Waals surface area contributed by atoms with Gasteiger partial charge in [-0.1, -0.05) is 51.0 Å². The molecule has 2 aliphatic carbocycles. The lowest BCUT2D eigenvalue weighted by molar-refractivity contribution is 0.0812. The Bertz CT molecular complexity index is 429. The highest BCUT2D eigenvalue weighted by Gasteiger charge is 2.47. The topological polar surface area (TPSA) is 20.2 Å². The summed E-state index contributed by atoms with van der Waals surface area (Å²) in [6.07, 6.45) is 12.2. The lowest BCUT2D eigenvalue weighted by Gasteiger charge is -2.53. The fourth-order valence-electron chi connectivity index (χ4n) is 4.64. The van der Waals surface area contributed by atoms with Gasteiger partial charge in [-0.2, -0.15) is 0 Å². The Morgan fingerprint density at radius 3 is 2.71 bits per heavy atom. The number of rotatable bonds is 4. The van der Waals surface area contributed by atoms with E-state index in [9.17, 15) is 0 Å². The number of aliphatic hydroxyl groups is 1. The third-order valence-corrected chi connectivity index (χ3v) is 6.59. The molecular weight excluding hydrogens is 256 g/mol. The molecule has 21 heavy (non-hydrogen) atoms. The van der Waals surface area contributed by atoms with Crippen LogP contribution in [-0.4, -0.2) is 11.7 Å². The molecule has 3 atom stereocenters. The van der Waals surface area contributed by atoms with E-state index in [2.05, 4.69) is 40.7 Å². The molecule has 0 aromatic rings. The average molecular weight is 290 g/mol. The number of aliphatic hydroxyl groups excluding tert-OH is 1. The Hall–Kier alpha value is -0.560. The zero-order valence-corrected chi connectivity index (χ0v) is 14.7. The van der Waals surface area contributed by atoms with Crippen LogP contribution < -0.4 is 0 Å². The quantitative estimate of drug-likeness (QED) is 0.677. The third kappa shape index (κ3) is 3.28. The smallest absolute Gasteiger partial charge is 0.0614 e. The van der Waals surface area contributed by atoms with Crippen LogP contribution in [0.25, 0.3) is 0 Å². The molecule has 0 amide bonds. The first kappa shape index (κ1) is 16.8. The minimum Gasteiger partial charge on any atom is -0.392 e. The van der Waals surface area contributed by atoms with E-state index in [0.29, 0.717) is 10.8 Å². The Labute approximate surface area is 131 Å². The van der Waals surface area contributed by atoms with Crippen molar-refractivity contribution in [2.24, 2.45) is 22.7 Å². The standard InChI is InChI=1S/C20H34O/c1-15(11-14-21)10-13-20(5)16(2)8-9-17-18(20)7-6-12-19(17,3)4/h7,11,16-17,21H,6,8-10,12-14H2,1-5H3/b15-11+/t16?,17-,20-/m0/s1. The van der Waals surface area contributed by atoms with Crippen LogP contribution in [0.15, 0.2) is 23.3 Å². The highest BCUT2D eigenvalue weighted by Crippen LogP contribution is 2.58. The lowest BCUT2D eigenvalue weighted by Crippen LogP contribution is -2.43. The van der Waals surface area contributed by atoms with Gasteiger partial charge in [0.2, 0.25) is 0 Å². The summed E-state index contributed by atoms with van der Waals surface area (Å²) in [7, 11) is 0. The zero-order chi connectivity index (χ0) is 15.7. The second kappa shape index (κ2) is 6.28. The molecule has 2 aliphatic rings. The maximum absolute atomic E-state index is 9.06. The summed E-state index contributed by atoms with van der Waals surface area (Å²) in [6.45, 7) is 12.2. The summed E-state index contributed by atoms with van der Waals surface area (Å²) >= 11 is 0. The molecule has 2 rings (SSSR count). The van der Waals surface area contributed by atoms with E-state index in [0.717, 1.165) is 18.3 Å². The first-order valence-corrected chi connectivity index (χ1v) is 8.78. The van der Waals surface area contributed by atoms with Crippen LogP contribution in [0.2, 0.25) is 0 Å². The van der Waals surface area contributed by atoms with Gasteiger partial charge in [0.25, 0.3) is 0 Å². The molecule has 1 saturated carbocycles. The summed E-state index contributed by atoms with van der Waals surface area (Å²) in [5.41, 5.74) is 3.92. The summed E-state index contributed by atoms with van der Waals surface area (Å²) < 4.78 is 0. The van der Waals surface area contributed by atoms with Crippen molar-refractivity contribution in [3.8, 4) is 0 Å². The van der Waals surface area contributed by atoms with Crippen molar-refractivity contribution in [3.63, 3.8) is 0 Å². The van der Waals surface area contributed by atoms with E-state index in [-0.39, 0.29) is 6.61 Å². The van der Waals surface area contributed by atoms with Crippen molar-refractivity contribution in [2.75, 3.05) is 6.61 Å². The molecule has 1 nitrogen and oxygen atoms in total. The minimum absolute atomic E-state index is 0.177. The van der Waals surface area contributed by atoms with Crippen LogP contribution in [0.5, 0.6) is 0 Å². The molecule has 0 aromatic carbocycles. The maximum atomic E-state index is 9.06. The largest absolute Gasteiger partial charge is 0.392 e. The van der Waals surface area contributed by atoms with E-state index >= 15 is 0 Å². The van der Waals surface area contributed by atoms with Crippen LogP contribution >= 0.6 is 0 Å². The molecule has 0 aromatic heterocycles. The third-order valence-electron chi connectivity index (χ3n) is 6.59. The van der Waals surface area contributed by atoms with Gasteiger partial charge >= 0.3 is 0 Å². The Morgan fingerprint density at radius 2 is 2.05 bits per heavy atom. The van der Waals surface area contributed by atoms with E-state index < -0.39 is 0 Å². The normalized spacial score (nSPS) is 36.1. The molecule has 1 fully saturated rings. The fourth-order valence-corrected chi connectivity index (χ4v) is 4.64. The van der Waals surface area contributed by atoms with Gasteiger partial charge in [0.1, 0.15) is 0 Å². The molecule has 0 saturated heterocycles. The van der Waals surface area contributed by atoms with Crippen molar-refractivity contribution in [3.05, 3.63) is 23.3 Å². The molecule has 0 spiro atoms. The molecule has 0 radical (unpaired) electrons. The van der Waals surface area contributed by atoms with E-state index in [1.54, 1.807) is 5.57 Å². The molecule has 0 heterocycles. The lowest BCUT2D eigenvalue weighted by atomic mass is 9.52. The summed E-state index contributed by atoms with van der Waals surface area (Å²) in [5, 5.41) is 9.06. The van der Waals surface area contributed by atoms with Crippen molar-refractivity contribution in [1.29, 1.82) is 0 Å². The number of allylic oxidation sites excluding steroid dienone is 3. The zero-order valence-electron chi connectivity index (χ0n) is 14.7. The van der Waals surface area contributed by atoms with Crippen LogP contribution in [0.1, 0.15) is 73.1 Å². The number of hydrogen-bond donors (Lipinski definition) is 1. The van der Waals surface area contributed by atoms with Crippen molar-refractivity contribution in [1.82, 2.24) is 0 Å². The number of hydrogen-bond acceptors (Lipinski definition) is 1. The molecule has 1 unspecified atom stereocenters. The van der Waals surface area contributed by atoms with E-state index in [1.807, 2.05) is 6.08 Å². The first-order chi connectivity index (χ1) is 9.81. The molecule has 0 bridgehead atoms. The van der Waals surface area contributed by atoms with Crippen LogP contribution in [0.4, 0.5) is 0 Å². The minimum atomic E-state index is 0.177. The average Bonchev–Trinajstić information content (AvgIpc) is 2.41. The van der Waals surface area contributed by atoms with Crippen molar-refractivity contribution in [2.45, 2.75) is 73.1 Å². The van der Waals surface area contributed by atoms with Crippen molar-refractivity contribution < 1.29 is 5.11 Å². The van der Waals surface area contributed by atoms with Crippen molar-refractivity contribution >= 4 is 0 Å². The summed E-state index contributed by atoms with van der Waals surface area (Å²) in [6, 6.07) is 0. The van der Waals surface area contributed by atoms with E-state index in [4.69, 9.17) is 5.11 Å². The number of fused-ring (bicyclic) bond motifs is 1. The molecule has 1 heteroatoms. The van der Waals surface area contributed by atoms with Gasteiger partial charge in [-0.3, -0.25) is 0 Å². The Kier molecular flexibility index (Phi) is 5.03. The van der Waals surface area contributed by atoms with Crippen LogP contribution in [0, 0.1) is 22.7 Å². The monoisotopic (exact) mass is 290 g/mol. The molecule has 120 valence electrons. The van der Waals surface area contributed by atoms with Crippen LogP contribution in [0.3, 0.4) is 0 Å². The first-order valence-electron chi connectivity index (χ1n) is 8.78. The van der Waals surface area contributed by atoms with Gasteiger partial charge in [-0.15, -0.1) is 0 Å². The molecule has 0 aliphatic heterocycles. The van der Waals surface area contributed by atoms with Gasteiger partial charge in [0, 0.05) is 0 Å². The SMILES string of the molecule is C/C(=C\CO)CC[C@]1(C)C2=CCCC(C)(C)[C@H]2CCC1C. The Morgan fingerprint density at radius 1 is 1.33 bits per heavy atom. The summed E-state index contributed by atoms with van der Waals surface area (Å²) in [5.74, 6) is 1.56. The fraction of sp³-hybridized carbons (Fsp3) is 0.800. The highest BCUT2D eigenvalue weighted by atomic mass is 16.2. The predicted octanol–water partition coefficient (Wildman–Crippen LogP) is 5.50. The second-order valence-corrected chi connectivity index (χ2v) is 8.37.